The number of carbonyl (C=O) groups is 1. The van der Waals surface area contributed by atoms with Crippen LogP contribution in [-0.4, -0.2) is 58.8 Å². The number of hydrogen-bond donors (Lipinski definition) is 1. The standard InChI is InChI=1S/C21H27N5O3/c1-14-12-26(13-15(2)29-14)16-4-7-22-17(10-16)19(27)25-21(5-6-21)11-18-20(28-3)24-9-8-23-18/h4,7-10,14-15H,5-6,11-13H2,1-3H3,(H,25,27)/t14-,15+. The smallest absolute Gasteiger partial charge is 0.270 e. The van der Waals surface area contributed by atoms with Gasteiger partial charge in [0.1, 0.15) is 11.4 Å². The predicted molar refractivity (Wildman–Crippen MR) is 108 cm³/mol. The van der Waals surface area contributed by atoms with Crippen LogP contribution in [0, 0.1) is 0 Å². The molecule has 1 amide bonds. The molecule has 4 rings (SSSR count). The van der Waals surface area contributed by atoms with E-state index in [4.69, 9.17) is 9.47 Å². The van der Waals surface area contributed by atoms with Crippen LogP contribution in [0.25, 0.3) is 0 Å². The van der Waals surface area contributed by atoms with E-state index >= 15 is 0 Å². The van der Waals surface area contributed by atoms with E-state index in [0.29, 0.717) is 18.0 Å². The van der Waals surface area contributed by atoms with Crippen LogP contribution in [0.1, 0.15) is 42.9 Å². The van der Waals surface area contributed by atoms with Gasteiger partial charge in [-0.05, 0) is 38.8 Å². The van der Waals surface area contributed by atoms with E-state index in [2.05, 4.69) is 39.0 Å². The monoisotopic (exact) mass is 397 g/mol. The Kier molecular flexibility index (Phi) is 5.36. The first kappa shape index (κ1) is 19.6. The lowest BCUT2D eigenvalue weighted by atomic mass is 10.1. The van der Waals surface area contributed by atoms with Gasteiger partial charge in [-0.25, -0.2) is 4.98 Å². The minimum Gasteiger partial charge on any atom is -0.480 e. The summed E-state index contributed by atoms with van der Waals surface area (Å²) < 4.78 is 11.1. The van der Waals surface area contributed by atoms with Crippen molar-refractivity contribution in [3.63, 3.8) is 0 Å². The number of morpholine rings is 1. The van der Waals surface area contributed by atoms with Gasteiger partial charge in [-0.1, -0.05) is 0 Å². The van der Waals surface area contributed by atoms with Gasteiger partial charge < -0.3 is 19.7 Å². The van der Waals surface area contributed by atoms with Gasteiger partial charge in [-0.15, -0.1) is 0 Å². The molecule has 2 fully saturated rings. The largest absolute Gasteiger partial charge is 0.480 e. The van der Waals surface area contributed by atoms with Crippen molar-refractivity contribution in [1.82, 2.24) is 20.3 Å². The van der Waals surface area contributed by atoms with Crippen molar-refractivity contribution in [2.75, 3.05) is 25.1 Å². The molecule has 0 radical (unpaired) electrons. The molecule has 0 spiro atoms. The fourth-order valence-corrected chi connectivity index (χ4v) is 3.90. The zero-order chi connectivity index (χ0) is 20.4. The quantitative estimate of drug-likeness (QED) is 0.797. The highest BCUT2D eigenvalue weighted by Crippen LogP contribution is 2.39. The Morgan fingerprint density at radius 3 is 2.62 bits per heavy atom. The lowest BCUT2D eigenvalue weighted by Crippen LogP contribution is -2.45. The second-order valence-corrected chi connectivity index (χ2v) is 7.99. The van der Waals surface area contributed by atoms with Crippen LogP contribution >= 0.6 is 0 Å². The molecular weight excluding hydrogens is 370 g/mol. The first-order valence-corrected chi connectivity index (χ1v) is 10.0. The second-order valence-electron chi connectivity index (χ2n) is 7.99. The van der Waals surface area contributed by atoms with E-state index in [1.165, 1.54) is 0 Å². The van der Waals surface area contributed by atoms with Crippen molar-refractivity contribution in [2.45, 2.75) is 50.9 Å². The van der Waals surface area contributed by atoms with Gasteiger partial charge in [0.15, 0.2) is 0 Å². The molecule has 1 aliphatic heterocycles. The van der Waals surface area contributed by atoms with Gasteiger partial charge in [-0.3, -0.25) is 14.8 Å². The van der Waals surface area contributed by atoms with Crippen molar-refractivity contribution >= 4 is 11.6 Å². The maximum atomic E-state index is 12.9. The minimum absolute atomic E-state index is 0.154. The van der Waals surface area contributed by atoms with Gasteiger partial charge in [0.2, 0.25) is 5.88 Å². The number of carbonyl (C=O) groups excluding carboxylic acids is 1. The molecule has 1 saturated heterocycles. The van der Waals surface area contributed by atoms with E-state index in [1.807, 2.05) is 12.1 Å². The maximum Gasteiger partial charge on any atom is 0.270 e. The number of anilines is 1. The van der Waals surface area contributed by atoms with Crippen LogP contribution in [0.4, 0.5) is 5.69 Å². The summed E-state index contributed by atoms with van der Waals surface area (Å²) in [5.41, 5.74) is 1.87. The van der Waals surface area contributed by atoms with Crippen LogP contribution in [0.3, 0.4) is 0 Å². The summed E-state index contributed by atoms with van der Waals surface area (Å²) >= 11 is 0. The van der Waals surface area contributed by atoms with Gasteiger partial charge in [0, 0.05) is 49.3 Å². The summed E-state index contributed by atoms with van der Waals surface area (Å²) in [5, 5.41) is 3.16. The molecule has 2 atom stereocenters. The van der Waals surface area contributed by atoms with E-state index in [0.717, 1.165) is 37.3 Å². The highest BCUT2D eigenvalue weighted by Gasteiger charge is 2.45. The Morgan fingerprint density at radius 1 is 1.21 bits per heavy atom. The molecule has 2 aliphatic rings. The van der Waals surface area contributed by atoms with Crippen LogP contribution in [0.15, 0.2) is 30.7 Å². The van der Waals surface area contributed by atoms with Crippen LogP contribution < -0.4 is 15.0 Å². The third-order valence-electron chi connectivity index (χ3n) is 5.43. The lowest BCUT2D eigenvalue weighted by Gasteiger charge is -2.36. The van der Waals surface area contributed by atoms with E-state index in [9.17, 15) is 4.79 Å². The molecule has 1 N–H and O–H groups in total. The zero-order valence-corrected chi connectivity index (χ0v) is 17.1. The maximum absolute atomic E-state index is 12.9. The normalized spacial score (nSPS) is 22.8. The van der Waals surface area contributed by atoms with Gasteiger partial charge >= 0.3 is 0 Å². The SMILES string of the molecule is COc1nccnc1CC1(NC(=O)c2cc(N3C[C@@H](C)O[C@@H](C)C3)ccn2)CC1. The predicted octanol–water partition coefficient (Wildman–Crippen LogP) is 2.00. The summed E-state index contributed by atoms with van der Waals surface area (Å²) in [5.74, 6) is 0.338. The molecule has 8 nitrogen and oxygen atoms in total. The molecule has 2 aromatic heterocycles. The molecule has 1 saturated carbocycles. The number of rotatable bonds is 6. The molecule has 1 aliphatic carbocycles. The van der Waals surface area contributed by atoms with Crippen molar-refractivity contribution < 1.29 is 14.3 Å². The van der Waals surface area contributed by atoms with E-state index in [1.54, 1.807) is 25.7 Å². The van der Waals surface area contributed by atoms with Gasteiger partial charge in [0.05, 0.1) is 19.3 Å². The molecule has 154 valence electrons. The molecule has 3 heterocycles. The summed E-state index contributed by atoms with van der Waals surface area (Å²) in [6.07, 6.45) is 7.64. The van der Waals surface area contributed by atoms with E-state index in [-0.39, 0.29) is 23.7 Å². The third kappa shape index (κ3) is 4.48. The molecule has 8 heteroatoms. The molecule has 2 aromatic rings. The minimum atomic E-state index is -0.305. The van der Waals surface area contributed by atoms with Crippen molar-refractivity contribution in [1.29, 1.82) is 0 Å². The topological polar surface area (TPSA) is 89.5 Å². The Hall–Kier alpha value is -2.74. The molecule has 29 heavy (non-hydrogen) atoms. The number of ether oxygens (including phenoxy) is 2. The fraction of sp³-hybridized carbons (Fsp3) is 0.524. The molecule has 0 bridgehead atoms. The molecular formula is C21H27N5O3. The Bertz CT molecular complexity index is 876. The summed E-state index contributed by atoms with van der Waals surface area (Å²) in [7, 11) is 1.58. The number of amides is 1. The first-order chi connectivity index (χ1) is 14.0. The number of nitrogens with zero attached hydrogens (tertiary/aromatic N) is 4. The van der Waals surface area contributed by atoms with Crippen LogP contribution in [-0.2, 0) is 11.2 Å². The van der Waals surface area contributed by atoms with Crippen molar-refractivity contribution in [3.05, 3.63) is 42.1 Å². The fourth-order valence-electron chi connectivity index (χ4n) is 3.90. The number of hydrogen-bond acceptors (Lipinski definition) is 7. The van der Waals surface area contributed by atoms with Crippen LogP contribution in [0.2, 0.25) is 0 Å². The van der Waals surface area contributed by atoms with Crippen molar-refractivity contribution in [3.8, 4) is 5.88 Å². The second kappa shape index (κ2) is 7.94. The van der Waals surface area contributed by atoms with Crippen LogP contribution in [0.5, 0.6) is 5.88 Å². The Morgan fingerprint density at radius 2 is 1.93 bits per heavy atom. The van der Waals surface area contributed by atoms with Gasteiger partial charge in [-0.2, -0.15) is 0 Å². The summed E-state index contributed by atoms with van der Waals surface area (Å²) in [6, 6.07) is 3.80. The molecule has 0 aromatic carbocycles. The summed E-state index contributed by atoms with van der Waals surface area (Å²) in [4.78, 5) is 28.0. The van der Waals surface area contributed by atoms with Crippen molar-refractivity contribution in [2.24, 2.45) is 0 Å². The highest BCUT2D eigenvalue weighted by atomic mass is 16.5. The highest BCUT2D eigenvalue weighted by molar-refractivity contribution is 5.94. The van der Waals surface area contributed by atoms with Gasteiger partial charge in [0.25, 0.3) is 5.91 Å². The Labute approximate surface area is 170 Å². The van der Waals surface area contributed by atoms with E-state index < -0.39 is 0 Å². The summed E-state index contributed by atoms with van der Waals surface area (Å²) in [6.45, 7) is 5.72. The molecule has 0 unspecified atom stereocenters. The first-order valence-electron chi connectivity index (χ1n) is 10.0. The lowest BCUT2D eigenvalue weighted by molar-refractivity contribution is -0.00522. The number of aromatic nitrogens is 3. The number of methoxy groups -OCH3 is 1. The Balaban J connectivity index is 1.46. The zero-order valence-electron chi connectivity index (χ0n) is 17.1. The third-order valence-corrected chi connectivity index (χ3v) is 5.43. The number of pyridine rings is 1. The number of nitrogens with one attached hydrogen (secondary N) is 1. The average Bonchev–Trinajstić information content (AvgIpc) is 3.46. The average molecular weight is 397 g/mol.